The second kappa shape index (κ2) is 6.89. The highest BCUT2D eigenvalue weighted by Crippen LogP contribution is 2.15. The molecule has 0 aliphatic rings. The van der Waals surface area contributed by atoms with Crippen LogP contribution in [0.25, 0.3) is 0 Å². The number of ether oxygens (including phenoxy) is 2. The first-order chi connectivity index (χ1) is 5.56. The van der Waals surface area contributed by atoms with Gasteiger partial charge in [0.2, 0.25) is 0 Å². The molecule has 0 saturated carbocycles. The van der Waals surface area contributed by atoms with Gasteiger partial charge in [-0.15, -0.1) is 0 Å². The fourth-order valence-electron chi connectivity index (χ4n) is 0.839. The van der Waals surface area contributed by atoms with E-state index in [0.717, 1.165) is 19.1 Å². The molecule has 0 saturated heterocycles. The van der Waals surface area contributed by atoms with E-state index in [4.69, 9.17) is 20.6 Å². The number of hydrogen-bond acceptors (Lipinski definition) is 2. The molecule has 0 radical (unpaired) electrons. The molecule has 0 unspecified atom stereocenters. The third kappa shape index (κ3) is 10.4. The second-order valence-corrected chi connectivity index (χ2v) is 10.4. The van der Waals surface area contributed by atoms with E-state index in [0.29, 0.717) is 13.2 Å². The summed E-state index contributed by atoms with van der Waals surface area (Å²) in [7, 11) is 0.314. The Morgan fingerprint density at radius 1 is 1.17 bits per heavy atom. The monoisotopic (exact) mass is 210 g/mol. The summed E-state index contributed by atoms with van der Waals surface area (Å²) < 4.78 is 10.2. The van der Waals surface area contributed by atoms with Crippen LogP contribution >= 0.6 is 11.1 Å². The molecule has 74 valence electrons. The fraction of sp³-hybridized carbons (Fsp3) is 1.00. The quantitative estimate of drug-likeness (QED) is 0.365. The Kier molecular flexibility index (Phi) is 7.14. The molecule has 0 fully saturated rings. The van der Waals surface area contributed by atoms with Crippen LogP contribution in [0.5, 0.6) is 0 Å². The highest BCUT2D eigenvalue weighted by atomic mass is 35.6. The van der Waals surface area contributed by atoms with Crippen LogP contribution in [-0.4, -0.2) is 34.3 Å². The van der Waals surface area contributed by atoms with E-state index in [1.54, 1.807) is 7.11 Å². The molecule has 4 heteroatoms. The highest BCUT2D eigenvalue weighted by Gasteiger charge is 2.15. The van der Waals surface area contributed by atoms with Gasteiger partial charge in [0.1, 0.15) is 0 Å². The molecule has 0 aromatic carbocycles. The lowest BCUT2D eigenvalue weighted by molar-refractivity contribution is 0.0709. The predicted octanol–water partition coefficient (Wildman–Crippen LogP) is 2.48. The van der Waals surface area contributed by atoms with Gasteiger partial charge in [0.05, 0.1) is 13.2 Å². The van der Waals surface area contributed by atoms with E-state index < -0.39 is 7.38 Å². The molecule has 0 heterocycles. The van der Waals surface area contributed by atoms with E-state index in [2.05, 4.69) is 13.1 Å². The van der Waals surface area contributed by atoms with E-state index in [-0.39, 0.29) is 0 Å². The van der Waals surface area contributed by atoms with Crippen molar-refractivity contribution in [3.05, 3.63) is 0 Å². The summed E-state index contributed by atoms with van der Waals surface area (Å²) in [6, 6.07) is 1.13. The molecule has 0 bridgehead atoms. The van der Waals surface area contributed by atoms with Crippen LogP contribution in [0, 0.1) is 0 Å². The number of methoxy groups -OCH3 is 1. The molecule has 0 N–H and O–H groups in total. The van der Waals surface area contributed by atoms with Crippen LogP contribution in [0.15, 0.2) is 0 Å². The van der Waals surface area contributed by atoms with Gasteiger partial charge in [-0.3, -0.25) is 0 Å². The number of halogens is 1. The molecule has 0 rings (SSSR count). The lowest BCUT2D eigenvalue weighted by Crippen LogP contribution is -2.16. The van der Waals surface area contributed by atoms with E-state index >= 15 is 0 Å². The molecule has 0 spiro atoms. The lowest BCUT2D eigenvalue weighted by atomic mass is 10.5. The zero-order valence-corrected chi connectivity index (χ0v) is 9.99. The fourth-order valence-corrected chi connectivity index (χ4v) is 2.22. The Balaban J connectivity index is 3.01. The Labute approximate surface area is 80.9 Å². The molecule has 0 amide bonds. The third-order valence-electron chi connectivity index (χ3n) is 1.49. The van der Waals surface area contributed by atoms with E-state index in [9.17, 15) is 0 Å². The van der Waals surface area contributed by atoms with Crippen molar-refractivity contribution in [3.63, 3.8) is 0 Å². The van der Waals surface area contributed by atoms with Crippen molar-refractivity contribution in [2.75, 3.05) is 26.9 Å². The van der Waals surface area contributed by atoms with Gasteiger partial charge in [0.15, 0.2) is 7.38 Å². The topological polar surface area (TPSA) is 18.5 Å². The van der Waals surface area contributed by atoms with Gasteiger partial charge in [-0.1, -0.05) is 13.1 Å². The summed E-state index contributed by atoms with van der Waals surface area (Å²) in [5, 5.41) is 0. The largest absolute Gasteiger partial charge is 0.382 e. The summed E-state index contributed by atoms with van der Waals surface area (Å²) in [5.41, 5.74) is 0. The summed E-state index contributed by atoms with van der Waals surface area (Å²) in [4.78, 5) is 0. The average molecular weight is 211 g/mol. The Morgan fingerprint density at radius 3 is 2.33 bits per heavy atom. The van der Waals surface area contributed by atoms with Gasteiger partial charge < -0.3 is 9.47 Å². The van der Waals surface area contributed by atoms with Crippen molar-refractivity contribution in [3.8, 4) is 0 Å². The molecular weight excluding hydrogens is 192 g/mol. The van der Waals surface area contributed by atoms with Crippen molar-refractivity contribution in [1.29, 1.82) is 0 Å². The normalized spacial score (nSPS) is 12.0. The molecule has 0 atom stereocenters. The van der Waals surface area contributed by atoms with Gasteiger partial charge in [-0.2, -0.15) is 11.1 Å². The molecule has 2 nitrogen and oxygen atoms in total. The van der Waals surface area contributed by atoms with Crippen LogP contribution in [0.1, 0.15) is 6.42 Å². The minimum atomic E-state index is -1.36. The van der Waals surface area contributed by atoms with Crippen LogP contribution in [-0.2, 0) is 9.47 Å². The van der Waals surface area contributed by atoms with E-state index in [1.165, 1.54) is 0 Å². The Morgan fingerprint density at radius 2 is 1.83 bits per heavy atom. The summed E-state index contributed by atoms with van der Waals surface area (Å²) in [6.45, 7) is 6.50. The van der Waals surface area contributed by atoms with Crippen molar-refractivity contribution in [2.24, 2.45) is 0 Å². The Bertz CT molecular complexity index is 104. The second-order valence-electron chi connectivity index (χ2n) is 3.43. The van der Waals surface area contributed by atoms with Crippen molar-refractivity contribution < 1.29 is 9.47 Å². The maximum absolute atomic E-state index is 6.13. The average Bonchev–Trinajstić information content (AvgIpc) is 1.94. The van der Waals surface area contributed by atoms with Gasteiger partial charge in [-0.05, 0) is 12.5 Å². The third-order valence-corrected chi connectivity index (χ3v) is 3.60. The standard InChI is InChI=1S/C8H19ClO2Si/c1-10-6-7-11-5-4-8-12(2,3)9/h4-8H2,1-3H3. The zero-order chi connectivity index (χ0) is 9.45. The minimum absolute atomic E-state index is 0.682. The first-order valence-corrected chi connectivity index (χ1v) is 8.54. The van der Waals surface area contributed by atoms with Crippen LogP contribution in [0.4, 0.5) is 0 Å². The predicted molar refractivity (Wildman–Crippen MR) is 55.5 cm³/mol. The molecule has 0 aliphatic heterocycles. The van der Waals surface area contributed by atoms with Gasteiger partial charge in [0, 0.05) is 13.7 Å². The Hall–Kier alpha value is 0.427. The molecule has 12 heavy (non-hydrogen) atoms. The summed E-state index contributed by atoms with van der Waals surface area (Å²) >= 11 is 6.13. The van der Waals surface area contributed by atoms with Gasteiger partial charge in [0.25, 0.3) is 0 Å². The highest BCUT2D eigenvalue weighted by molar-refractivity contribution is 7.19. The van der Waals surface area contributed by atoms with Gasteiger partial charge in [-0.25, -0.2) is 0 Å². The molecular formula is C8H19ClO2Si. The summed E-state index contributed by atoms with van der Waals surface area (Å²) in [5.74, 6) is 0. The maximum Gasteiger partial charge on any atom is 0.150 e. The SMILES string of the molecule is COCCOCCC[Si](C)(C)Cl. The van der Waals surface area contributed by atoms with Crippen molar-refractivity contribution >= 4 is 18.5 Å². The minimum Gasteiger partial charge on any atom is -0.382 e. The van der Waals surface area contributed by atoms with Crippen molar-refractivity contribution in [2.45, 2.75) is 25.6 Å². The van der Waals surface area contributed by atoms with Crippen LogP contribution in [0.2, 0.25) is 19.1 Å². The van der Waals surface area contributed by atoms with Crippen LogP contribution in [0.3, 0.4) is 0 Å². The number of rotatable bonds is 7. The van der Waals surface area contributed by atoms with E-state index in [1.807, 2.05) is 0 Å². The van der Waals surface area contributed by atoms with Crippen LogP contribution < -0.4 is 0 Å². The first-order valence-electron chi connectivity index (χ1n) is 4.32. The number of hydrogen-bond donors (Lipinski definition) is 0. The van der Waals surface area contributed by atoms with Gasteiger partial charge >= 0.3 is 0 Å². The van der Waals surface area contributed by atoms with Crippen molar-refractivity contribution in [1.82, 2.24) is 0 Å². The summed E-state index contributed by atoms with van der Waals surface area (Å²) in [6.07, 6.45) is 1.08. The molecule has 0 aliphatic carbocycles. The molecule has 0 aromatic rings. The smallest absolute Gasteiger partial charge is 0.150 e. The molecule has 0 aromatic heterocycles. The zero-order valence-electron chi connectivity index (χ0n) is 8.23. The lowest BCUT2D eigenvalue weighted by Gasteiger charge is -2.11. The first kappa shape index (κ1) is 12.4. The maximum atomic E-state index is 6.13.